The van der Waals surface area contributed by atoms with Gasteiger partial charge < -0.3 is 9.88 Å². The standard InChI is InChI=1S/C19H26N2O2/c1-5-6-9-21(19(23)13(2)3)12-16-11-15-10-14(4)7-8-17(15)20-18(16)22/h7-8,10-11,13H,5-6,9,12H2,1-4H3,(H,20,22). The Morgan fingerprint density at radius 1 is 1.26 bits per heavy atom. The van der Waals surface area contributed by atoms with Crippen LogP contribution in [0.2, 0.25) is 0 Å². The number of aryl methyl sites for hydroxylation is 1. The van der Waals surface area contributed by atoms with Gasteiger partial charge >= 0.3 is 0 Å². The number of H-pyrrole nitrogens is 1. The molecule has 1 aromatic heterocycles. The van der Waals surface area contributed by atoms with Crippen LogP contribution in [0, 0.1) is 12.8 Å². The number of hydrogen-bond donors (Lipinski definition) is 1. The molecule has 0 spiro atoms. The fourth-order valence-electron chi connectivity index (χ4n) is 2.68. The first-order valence-corrected chi connectivity index (χ1v) is 8.33. The van der Waals surface area contributed by atoms with Gasteiger partial charge in [0.25, 0.3) is 5.56 Å². The number of aromatic amines is 1. The van der Waals surface area contributed by atoms with Gasteiger partial charge in [0.05, 0.1) is 6.54 Å². The highest BCUT2D eigenvalue weighted by atomic mass is 16.2. The van der Waals surface area contributed by atoms with E-state index in [1.54, 1.807) is 4.90 Å². The van der Waals surface area contributed by atoms with Gasteiger partial charge in [0, 0.05) is 23.5 Å². The predicted molar refractivity (Wildman–Crippen MR) is 94.5 cm³/mol. The van der Waals surface area contributed by atoms with E-state index in [1.807, 2.05) is 39.0 Å². The molecule has 0 radical (unpaired) electrons. The van der Waals surface area contributed by atoms with E-state index in [2.05, 4.69) is 18.0 Å². The van der Waals surface area contributed by atoms with Crippen molar-refractivity contribution in [3.05, 3.63) is 45.7 Å². The van der Waals surface area contributed by atoms with Gasteiger partial charge in [-0.05, 0) is 36.9 Å². The Hall–Kier alpha value is -2.10. The second-order valence-electron chi connectivity index (χ2n) is 6.48. The van der Waals surface area contributed by atoms with E-state index < -0.39 is 0 Å². The number of rotatable bonds is 6. The number of aromatic nitrogens is 1. The minimum absolute atomic E-state index is 0.0614. The zero-order valence-electron chi connectivity index (χ0n) is 14.5. The minimum atomic E-state index is -0.112. The zero-order valence-corrected chi connectivity index (χ0v) is 14.5. The van der Waals surface area contributed by atoms with E-state index in [-0.39, 0.29) is 17.4 Å². The summed E-state index contributed by atoms with van der Waals surface area (Å²) in [7, 11) is 0. The van der Waals surface area contributed by atoms with E-state index >= 15 is 0 Å². The zero-order chi connectivity index (χ0) is 17.0. The summed E-state index contributed by atoms with van der Waals surface area (Å²) in [6, 6.07) is 7.86. The van der Waals surface area contributed by atoms with E-state index in [4.69, 9.17) is 0 Å². The number of benzene rings is 1. The number of hydrogen-bond acceptors (Lipinski definition) is 2. The third kappa shape index (κ3) is 4.21. The summed E-state index contributed by atoms with van der Waals surface area (Å²) in [6.07, 6.45) is 1.97. The maximum atomic E-state index is 12.4. The molecule has 124 valence electrons. The summed E-state index contributed by atoms with van der Waals surface area (Å²) < 4.78 is 0. The van der Waals surface area contributed by atoms with Crippen molar-refractivity contribution in [2.24, 2.45) is 5.92 Å². The average molecular weight is 314 g/mol. The Morgan fingerprint density at radius 3 is 2.65 bits per heavy atom. The molecule has 4 heteroatoms. The molecule has 2 aromatic rings. The fourth-order valence-corrected chi connectivity index (χ4v) is 2.68. The summed E-state index contributed by atoms with van der Waals surface area (Å²) in [5.74, 6) is 0.0378. The maximum absolute atomic E-state index is 12.4. The summed E-state index contributed by atoms with van der Waals surface area (Å²) in [4.78, 5) is 29.4. The molecule has 0 aliphatic carbocycles. The van der Waals surface area contributed by atoms with E-state index in [1.165, 1.54) is 0 Å². The molecule has 2 rings (SSSR count). The number of pyridine rings is 1. The Morgan fingerprint density at radius 2 is 2.00 bits per heavy atom. The highest BCUT2D eigenvalue weighted by Gasteiger charge is 2.18. The van der Waals surface area contributed by atoms with Crippen molar-refractivity contribution in [3.63, 3.8) is 0 Å². The van der Waals surface area contributed by atoms with Crippen molar-refractivity contribution >= 4 is 16.8 Å². The molecule has 23 heavy (non-hydrogen) atoms. The first-order valence-electron chi connectivity index (χ1n) is 8.33. The van der Waals surface area contributed by atoms with Crippen LogP contribution in [-0.2, 0) is 11.3 Å². The molecular formula is C19H26N2O2. The van der Waals surface area contributed by atoms with Crippen LogP contribution < -0.4 is 5.56 Å². The van der Waals surface area contributed by atoms with Crippen LogP contribution in [0.1, 0.15) is 44.7 Å². The molecule has 0 atom stereocenters. The molecule has 1 heterocycles. The largest absolute Gasteiger partial charge is 0.338 e. The van der Waals surface area contributed by atoms with Crippen molar-refractivity contribution in [3.8, 4) is 0 Å². The van der Waals surface area contributed by atoms with Gasteiger partial charge in [-0.2, -0.15) is 0 Å². The molecule has 1 aromatic carbocycles. The normalized spacial score (nSPS) is 11.2. The molecule has 0 saturated carbocycles. The van der Waals surface area contributed by atoms with Gasteiger partial charge in [-0.1, -0.05) is 38.8 Å². The van der Waals surface area contributed by atoms with Crippen LogP contribution in [-0.4, -0.2) is 22.3 Å². The number of unbranched alkanes of at least 4 members (excludes halogenated alkanes) is 1. The molecule has 1 N–H and O–H groups in total. The SMILES string of the molecule is CCCCN(Cc1cc2cc(C)ccc2[nH]c1=O)C(=O)C(C)C. The van der Waals surface area contributed by atoms with Crippen molar-refractivity contribution < 1.29 is 4.79 Å². The van der Waals surface area contributed by atoms with Gasteiger partial charge in [-0.25, -0.2) is 0 Å². The highest BCUT2D eigenvalue weighted by Crippen LogP contribution is 2.15. The molecule has 0 aliphatic heterocycles. The average Bonchev–Trinajstić information content (AvgIpc) is 2.51. The maximum Gasteiger partial charge on any atom is 0.253 e. The first kappa shape index (κ1) is 17.3. The third-order valence-corrected chi connectivity index (χ3v) is 4.03. The molecular weight excluding hydrogens is 288 g/mol. The van der Waals surface area contributed by atoms with Gasteiger partial charge in [0.15, 0.2) is 0 Å². The number of amides is 1. The molecule has 0 saturated heterocycles. The van der Waals surface area contributed by atoms with Crippen molar-refractivity contribution in [1.82, 2.24) is 9.88 Å². The lowest BCUT2D eigenvalue weighted by Gasteiger charge is -2.24. The van der Waals surface area contributed by atoms with E-state index in [0.29, 0.717) is 18.7 Å². The van der Waals surface area contributed by atoms with Crippen LogP contribution in [0.25, 0.3) is 10.9 Å². The molecule has 4 nitrogen and oxygen atoms in total. The Balaban J connectivity index is 2.34. The van der Waals surface area contributed by atoms with Crippen LogP contribution in [0.4, 0.5) is 0 Å². The van der Waals surface area contributed by atoms with Gasteiger partial charge in [-0.15, -0.1) is 0 Å². The van der Waals surface area contributed by atoms with Gasteiger partial charge in [0.1, 0.15) is 0 Å². The number of nitrogens with one attached hydrogen (secondary N) is 1. The molecule has 0 unspecified atom stereocenters. The second kappa shape index (κ2) is 7.44. The molecule has 1 amide bonds. The first-order chi connectivity index (χ1) is 10.9. The number of carbonyl (C=O) groups excluding carboxylic acids is 1. The van der Waals surface area contributed by atoms with Gasteiger partial charge in [-0.3, -0.25) is 9.59 Å². The van der Waals surface area contributed by atoms with Crippen LogP contribution in [0.15, 0.2) is 29.1 Å². The monoisotopic (exact) mass is 314 g/mol. The predicted octanol–water partition coefficient (Wildman–Crippen LogP) is 3.62. The lowest BCUT2D eigenvalue weighted by molar-refractivity contribution is -0.135. The number of fused-ring (bicyclic) bond motifs is 1. The lowest BCUT2D eigenvalue weighted by Crippen LogP contribution is -2.36. The smallest absolute Gasteiger partial charge is 0.253 e. The third-order valence-electron chi connectivity index (χ3n) is 4.03. The van der Waals surface area contributed by atoms with Crippen molar-refractivity contribution in [1.29, 1.82) is 0 Å². The lowest BCUT2D eigenvalue weighted by atomic mass is 10.1. The Labute approximate surface area is 137 Å². The summed E-state index contributed by atoms with van der Waals surface area (Å²) in [5, 5.41) is 1.01. The fraction of sp³-hybridized carbons (Fsp3) is 0.474. The highest BCUT2D eigenvalue weighted by molar-refractivity contribution is 5.80. The van der Waals surface area contributed by atoms with Crippen LogP contribution in [0.5, 0.6) is 0 Å². The molecule has 0 aliphatic rings. The van der Waals surface area contributed by atoms with Crippen LogP contribution >= 0.6 is 0 Å². The topological polar surface area (TPSA) is 53.2 Å². The van der Waals surface area contributed by atoms with Crippen molar-refractivity contribution in [2.45, 2.75) is 47.1 Å². The number of nitrogens with zero attached hydrogens (tertiary/aromatic N) is 1. The van der Waals surface area contributed by atoms with Gasteiger partial charge in [0.2, 0.25) is 5.91 Å². The minimum Gasteiger partial charge on any atom is -0.338 e. The summed E-state index contributed by atoms with van der Waals surface area (Å²) in [5.41, 5.74) is 2.52. The summed E-state index contributed by atoms with van der Waals surface area (Å²) >= 11 is 0. The molecule has 0 fully saturated rings. The second-order valence-corrected chi connectivity index (χ2v) is 6.48. The summed E-state index contributed by atoms with van der Waals surface area (Å²) in [6.45, 7) is 8.99. The number of carbonyl (C=O) groups is 1. The van der Waals surface area contributed by atoms with Crippen molar-refractivity contribution in [2.75, 3.05) is 6.54 Å². The van der Waals surface area contributed by atoms with Crippen LogP contribution in [0.3, 0.4) is 0 Å². The quantitative estimate of drug-likeness (QED) is 0.885. The van der Waals surface area contributed by atoms with E-state index in [0.717, 1.165) is 29.3 Å². The van der Waals surface area contributed by atoms with E-state index in [9.17, 15) is 9.59 Å². The Bertz CT molecular complexity index is 747. The Kier molecular flexibility index (Phi) is 5.59. The molecule has 0 bridgehead atoms.